The lowest BCUT2D eigenvalue weighted by Gasteiger charge is -2.13. The first kappa shape index (κ1) is 39.1. The molecule has 6 nitrogen and oxygen atoms in total. The number of H-pyrrole nitrogens is 2. The third kappa shape index (κ3) is 7.40. The third-order valence-corrected chi connectivity index (χ3v) is 11.3. The first-order chi connectivity index (χ1) is 30.1. The molecule has 5 heterocycles. The minimum Gasteiger partial charge on any atom is -0.354 e. The van der Waals surface area contributed by atoms with Gasteiger partial charge in [-0.25, -0.2) is 9.97 Å². The number of aromatic amines is 2. The van der Waals surface area contributed by atoms with Crippen LogP contribution >= 0.6 is 0 Å². The molecule has 0 radical (unpaired) electrons. The second kappa shape index (κ2) is 16.0. The fourth-order valence-electron chi connectivity index (χ4n) is 8.67. The molecule has 4 aromatic carbocycles. The SMILES string of the molecule is Cc1cc(C)c(-c2c3nc(c(C#Cc4ccc(C#N)cc4)c4ccc([nH]4)c(-c4c(C)cc(C)cc4C)c4ccc([nH]4)c(C#Cc4ccc(C#N)cc4)c4nc2C=C4)C=C3)c(C)c1. The van der Waals surface area contributed by atoms with Crippen LogP contribution in [0.2, 0.25) is 0 Å². The van der Waals surface area contributed by atoms with E-state index in [2.05, 4.69) is 148 Å². The van der Waals surface area contributed by atoms with Gasteiger partial charge in [0.2, 0.25) is 0 Å². The molecule has 0 aliphatic carbocycles. The van der Waals surface area contributed by atoms with Crippen molar-refractivity contribution in [1.82, 2.24) is 19.9 Å². The van der Waals surface area contributed by atoms with Gasteiger partial charge >= 0.3 is 0 Å². The molecule has 0 atom stereocenters. The molecule has 2 aliphatic heterocycles. The van der Waals surface area contributed by atoms with E-state index in [0.717, 1.165) is 112 Å². The smallest absolute Gasteiger partial charge is 0.0991 e. The van der Waals surface area contributed by atoms with E-state index in [1.54, 1.807) is 24.3 Å². The van der Waals surface area contributed by atoms with Crippen molar-refractivity contribution >= 4 is 46.4 Å². The molecular weight excluding hydrogens is 757 g/mol. The van der Waals surface area contributed by atoms with E-state index >= 15 is 0 Å². The first-order valence-corrected chi connectivity index (χ1v) is 20.4. The van der Waals surface area contributed by atoms with Crippen LogP contribution in [0, 0.1) is 87.9 Å². The number of aryl methyl sites for hydroxylation is 6. The number of hydrogen-bond donors (Lipinski definition) is 2. The van der Waals surface area contributed by atoms with Crippen molar-refractivity contribution in [3.63, 3.8) is 0 Å². The van der Waals surface area contributed by atoms with E-state index in [-0.39, 0.29) is 0 Å². The summed E-state index contributed by atoms with van der Waals surface area (Å²) in [7, 11) is 0. The van der Waals surface area contributed by atoms with Crippen molar-refractivity contribution in [2.24, 2.45) is 0 Å². The molecule has 3 aromatic heterocycles. The van der Waals surface area contributed by atoms with E-state index in [1.807, 2.05) is 36.4 Å². The molecule has 0 unspecified atom stereocenters. The Morgan fingerprint density at radius 2 is 0.710 bits per heavy atom. The van der Waals surface area contributed by atoms with Gasteiger partial charge in [0.1, 0.15) is 0 Å². The molecule has 0 amide bonds. The molecule has 2 N–H and O–H groups in total. The van der Waals surface area contributed by atoms with Crippen LogP contribution in [0.25, 0.3) is 68.6 Å². The summed E-state index contributed by atoms with van der Waals surface area (Å²) in [5.41, 5.74) is 21.8. The van der Waals surface area contributed by atoms with Crippen LogP contribution in [0.4, 0.5) is 0 Å². The molecular formula is C56H40N6. The quantitative estimate of drug-likeness (QED) is 0.170. The number of nitriles is 2. The van der Waals surface area contributed by atoms with Gasteiger partial charge in [-0.1, -0.05) is 59.1 Å². The summed E-state index contributed by atoms with van der Waals surface area (Å²) in [6, 6.07) is 36.3. The van der Waals surface area contributed by atoms with Crippen LogP contribution in [0.15, 0.2) is 97.1 Å². The van der Waals surface area contributed by atoms with Gasteiger partial charge in [0.05, 0.1) is 68.2 Å². The largest absolute Gasteiger partial charge is 0.354 e. The van der Waals surface area contributed by atoms with Gasteiger partial charge in [0, 0.05) is 33.3 Å². The summed E-state index contributed by atoms with van der Waals surface area (Å²) in [6.45, 7) is 12.8. The summed E-state index contributed by atoms with van der Waals surface area (Å²) in [5, 5.41) is 18.8. The van der Waals surface area contributed by atoms with Gasteiger partial charge < -0.3 is 9.97 Å². The Bertz CT molecular complexity index is 3260. The molecule has 2 aliphatic rings. The Labute approximate surface area is 361 Å². The van der Waals surface area contributed by atoms with Gasteiger partial charge in [-0.2, -0.15) is 10.5 Å². The average molecular weight is 797 g/mol. The summed E-state index contributed by atoms with van der Waals surface area (Å²) in [6.07, 6.45) is 8.20. The van der Waals surface area contributed by atoms with Crippen LogP contribution in [-0.2, 0) is 0 Å². The van der Waals surface area contributed by atoms with Gasteiger partial charge in [0.25, 0.3) is 0 Å². The summed E-state index contributed by atoms with van der Waals surface area (Å²) < 4.78 is 0. The second-order valence-corrected chi connectivity index (χ2v) is 15.9. The number of benzene rings is 4. The Morgan fingerprint density at radius 3 is 1.10 bits per heavy atom. The summed E-state index contributed by atoms with van der Waals surface area (Å²) in [5.74, 6) is 13.7. The van der Waals surface area contributed by atoms with Crippen molar-refractivity contribution in [3.8, 4) is 58.1 Å². The van der Waals surface area contributed by atoms with Crippen molar-refractivity contribution in [3.05, 3.63) is 187 Å². The van der Waals surface area contributed by atoms with Crippen molar-refractivity contribution in [2.45, 2.75) is 41.5 Å². The Hall–Kier alpha value is -8.42. The fourth-order valence-corrected chi connectivity index (χ4v) is 8.67. The average Bonchev–Trinajstić information content (AvgIpc) is 4.10. The summed E-state index contributed by atoms with van der Waals surface area (Å²) >= 11 is 0. The summed E-state index contributed by atoms with van der Waals surface area (Å²) in [4.78, 5) is 18.3. The minimum absolute atomic E-state index is 0.582. The van der Waals surface area contributed by atoms with Crippen LogP contribution < -0.4 is 0 Å². The molecule has 0 saturated carbocycles. The Kier molecular flexibility index (Phi) is 10.1. The maximum absolute atomic E-state index is 9.42. The molecule has 7 aromatic rings. The zero-order chi connectivity index (χ0) is 43.1. The zero-order valence-electron chi connectivity index (χ0n) is 35.3. The van der Waals surface area contributed by atoms with Crippen LogP contribution in [0.3, 0.4) is 0 Å². The van der Waals surface area contributed by atoms with Gasteiger partial charge in [0.15, 0.2) is 0 Å². The van der Waals surface area contributed by atoms with E-state index in [4.69, 9.17) is 9.97 Å². The molecule has 62 heavy (non-hydrogen) atoms. The second-order valence-electron chi connectivity index (χ2n) is 15.9. The predicted molar refractivity (Wildman–Crippen MR) is 252 cm³/mol. The molecule has 6 heteroatoms. The van der Waals surface area contributed by atoms with E-state index in [9.17, 15) is 10.5 Å². The maximum Gasteiger partial charge on any atom is 0.0991 e. The predicted octanol–water partition coefficient (Wildman–Crippen LogP) is 12.4. The fraction of sp³-hybridized carbons (Fsp3) is 0.107. The van der Waals surface area contributed by atoms with E-state index < -0.39 is 0 Å². The standard InChI is InChI=1S/C56H40N6/c1-33-27-35(3)53(36(4)28-33)55-49-23-19-45(59-49)43(17-15-39-7-11-41(31-57)12-8-39)47-21-25-51(61-47)56(54-37(5)29-34(2)30-38(54)6)52-26-22-48(62-52)44(46-20-24-50(55)60-46)18-16-40-9-13-42(32-58)14-10-40/h7-14,19-30,59-60H,1-6H3. The topological polar surface area (TPSA) is 105 Å². The van der Waals surface area contributed by atoms with Crippen LogP contribution in [0.5, 0.6) is 0 Å². The minimum atomic E-state index is 0.582. The van der Waals surface area contributed by atoms with Gasteiger partial charge in [-0.15, -0.1) is 0 Å². The highest BCUT2D eigenvalue weighted by atomic mass is 14.8. The normalized spacial score (nSPS) is 11.3. The molecule has 294 valence electrons. The Balaban J connectivity index is 1.44. The number of hydrogen-bond acceptors (Lipinski definition) is 4. The van der Waals surface area contributed by atoms with Crippen LogP contribution in [0.1, 0.15) is 89.5 Å². The Morgan fingerprint density at radius 1 is 0.371 bits per heavy atom. The molecule has 0 spiro atoms. The number of rotatable bonds is 2. The lowest BCUT2D eigenvalue weighted by atomic mass is 9.92. The number of fused-ring (bicyclic) bond motifs is 8. The van der Waals surface area contributed by atoms with E-state index in [0.29, 0.717) is 11.1 Å². The number of nitrogens with one attached hydrogen (secondary N) is 2. The first-order valence-electron chi connectivity index (χ1n) is 20.4. The highest BCUT2D eigenvalue weighted by molar-refractivity contribution is 5.98. The zero-order valence-corrected chi connectivity index (χ0v) is 35.3. The maximum atomic E-state index is 9.42. The van der Waals surface area contributed by atoms with Gasteiger partial charge in [-0.3, -0.25) is 0 Å². The molecule has 8 bridgehead atoms. The van der Waals surface area contributed by atoms with Gasteiger partial charge in [-0.05, 0) is 172 Å². The third-order valence-electron chi connectivity index (χ3n) is 11.3. The highest BCUT2D eigenvalue weighted by Crippen LogP contribution is 2.38. The molecule has 9 rings (SSSR count). The van der Waals surface area contributed by atoms with Crippen molar-refractivity contribution in [1.29, 1.82) is 10.5 Å². The molecule has 0 saturated heterocycles. The number of aromatic nitrogens is 4. The van der Waals surface area contributed by atoms with E-state index in [1.165, 1.54) is 11.1 Å². The van der Waals surface area contributed by atoms with Crippen LogP contribution in [-0.4, -0.2) is 19.9 Å². The van der Waals surface area contributed by atoms with Crippen molar-refractivity contribution in [2.75, 3.05) is 0 Å². The molecule has 0 fully saturated rings. The highest BCUT2D eigenvalue weighted by Gasteiger charge is 2.21. The lowest BCUT2D eigenvalue weighted by molar-refractivity contribution is 1.24. The lowest BCUT2D eigenvalue weighted by Crippen LogP contribution is -1.96. The monoisotopic (exact) mass is 796 g/mol. The number of nitrogens with zero attached hydrogens (tertiary/aromatic N) is 4. The van der Waals surface area contributed by atoms with Crippen molar-refractivity contribution < 1.29 is 0 Å².